The van der Waals surface area contributed by atoms with Crippen LogP contribution < -0.4 is 10.1 Å². The summed E-state index contributed by atoms with van der Waals surface area (Å²) in [5.74, 6) is 1.58. The van der Waals surface area contributed by atoms with Crippen molar-refractivity contribution >= 4 is 16.9 Å². The van der Waals surface area contributed by atoms with Crippen LogP contribution in [-0.2, 0) is 9.47 Å². The van der Waals surface area contributed by atoms with Gasteiger partial charge < -0.3 is 29.4 Å². The number of anilines is 1. The Morgan fingerprint density at radius 1 is 0.917 bits per heavy atom. The molecule has 0 aliphatic carbocycles. The summed E-state index contributed by atoms with van der Waals surface area (Å²) in [6.45, 7) is 7.04. The Morgan fingerprint density at radius 2 is 1.64 bits per heavy atom. The van der Waals surface area contributed by atoms with E-state index in [1.165, 1.54) is 0 Å². The lowest BCUT2D eigenvalue weighted by Crippen LogP contribution is -2.26. The SMILES string of the molecule is CCOC(CNc1ncnc2[nH]c(-c3ccc(OCCN(C)C)cc3)c(-c3ccccc3)c12)OCC. The summed E-state index contributed by atoms with van der Waals surface area (Å²) in [5, 5.41) is 4.36. The van der Waals surface area contributed by atoms with Crippen molar-refractivity contribution < 1.29 is 14.2 Å². The van der Waals surface area contributed by atoms with Crippen molar-refractivity contribution in [1.29, 1.82) is 0 Å². The molecule has 0 bridgehead atoms. The van der Waals surface area contributed by atoms with Crippen LogP contribution in [0.15, 0.2) is 60.9 Å². The highest BCUT2D eigenvalue weighted by molar-refractivity contribution is 6.07. The van der Waals surface area contributed by atoms with E-state index in [-0.39, 0.29) is 6.29 Å². The molecule has 2 N–H and O–H groups in total. The number of aromatic amines is 1. The topological polar surface area (TPSA) is 84.5 Å². The van der Waals surface area contributed by atoms with Crippen molar-refractivity contribution in [1.82, 2.24) is 19.9 Å². The van der Waals surface area contributed by atoms with E-state index in [4.69, 9.17) is 14.2 Å². The van der Waals surface area contributed by atoms with Gasteiger partial charge in [-0.25, -0.2) is 9.97 Å². The number of benzene rings is 2. The fourth-order valence-electron chi connectivity index (χ4n) is 4.05. The van der Waals surface area contributed by atoms with Crippen LogP contribution in [0.3, 0.4) is 0 Å². The molecule has 2 aromatic carbocycles. The maximum Gasteiger partial charge on any atom is 0.174 e. The van der Waals surface area contributed by atoms with Crippen LogP contribution in [0, 0.1) is 0 Å². The molecule has 0 fully saturated rings. The van der Waals surface area contributed by atoms with Crippen molar-refractivity contribution in [3.8, 4) is 28.1 Å². The molecular weight excluding hydrogens is 454 g/mol. The van der Waals surface area contributed by atoms with Gasteiger partial charge in [0.25, 0.3) is 0 Å². The van der Waals surface area contributed by atoms with Crippen molar-refractivity contribution in [2.24, 2.45) is 0 Å². The van der Waals surface area contributed by atoms with Gasteiger partial charge in [0.15, 0.2) is 6.29 Å². The van der Waals surface area contributed by atoms with Gasteiger partial charge in [-0.15, -0.1) is 0 Å². The minimum absolute atomic E-state index is 0.358. The molecule has 0 amide bonds. The first-order valence-electron chi connectivity index (χ1n) is 12.4. The zero-order valence-corrected chi connectivity index (χ0v) is 21.5. The van der Waals surface area contributed by atoms with Crippen molar-refractivity contribution in [3.63, 3.8) is 0 Å². The Kier molecular flexibility index (Phi) is 8.89. The second-order valence-corrected chi connectivity index (χ2v) is 8.58. The predicted molar refractivity (Wildman–Crippen MR) is 144 cm³/mol. The lowest BCUT2D eigenvalue weighted by Gasteiger charge is -2.18. The molecule has 8 nitrogen and oxygen atoms in total. The summed E-state index contributed by atoms with van der Waals surface area (Å²) >= 11 is 0. The molecule has 2 heterocycles. The molecule has 0 saturated carbocycles. The second-order valence-electron chi connectivity index (χ2n) is 8.58. The second kappa shape index (κ2) is 12.5. The molecule has 36 heavy (non-hydrogen) atoms. The van der Waals surface area contributed by atoms with Crippen LogP contribution in [0.2, 0.25) is 0 Å². The number of aromatic nitrogens is 3. The summed E-state index contributed by atoms with van der Waals surface area (Å²) in [6, 6.07) is 18.5. The Balaban J connectivity index is 1.71. The number of nitrogens with one attached hydrogen (secondary N) is 2. The number of ether oxygens (including phenoxy) is 3. The number of fused-ring (bicyclic) bond motifs is 1. The number of hydrogen-bond donors (Lipinski definition) is 2. The van der Waals surface area contributed by atoms with E-state index in [2.05, 4.69) is 49.4 Å². The molecule has 0 radical (unpaired) electrons. The van der Waals surface area contributed by atoms with E-state index in [1.807, 2.05) is 58.3 Å². The zero-order chi connectivity index (χ0) is 25.3. The van der Waals surface area contributed by atoms with Crippen LogP contribution in [0.5, 0.6) is 5.75 Å². The molecule has 0 aliphatic rings. The Hall–Kier alpha value is -3.46. The minimum atomic E-state index is -0.358. The first-order valence-corrected chi connectivity index (χ1v) is 12.4. The number of nitrogens with zero attached hydrogens (tertiary/aromatic N) is 3. The molecule has 0 unspecified atom stereocenters. The van der Waals surface area contributed by atoms with Gasteiger partial charge in [-0.1, -0.05) is 30.3 Å². The van der Waals surface area contributed by atoms with E-state index in [0.29, 0.717) is 26.4 Å². The standard InChI is InChI=1S/C28H35N5O3/c1-5-34-23(35-6-2)18-29-27-25-24(20-10-8-7-9-11-20)26(32-28(25)31-19-30-27)21-12-14-22(15-13-21)36-17-16-33(3)4/h7-15,19,23H,5-6,16-18H2,1-4H3,(H2,29,30,31,32). The maximum atomic E-state index is 5.89. The average molecular weight is 490 g/mol. The number of rotatable bonds is 13. The quantitative estimate of drug-likeness (QED) is 0.254. The lowest BCUT2D eigenvalue weighted by molar-refractivity contribution is -0.126. The zero-order valence-electron chi connectivity index (χ0n) is 21.5. The predicted octanol–water partition coefficient (Wildman–Crippen LogP) is 5.04. The Labute approximate surface area is 212 Å². The van der Waals surface area contributed by atoms with E-state index in [0.717, 1.165) is 51.5 Å². The summed E-state index contributed by atoms with van der Waals surface area (Å²) in [4.78, 5) is 14.8. The van der Waals surface area contributed by atoms with Crippen LogP contribution in [0.25, 0.3) is 33.4 Å². The van der Waals surface area contributed by atoms with Crippen molar-refractivity contribution in [2.45, 2.75) is 20.1 Å². The van der Waals surface area contributed by atoms with Gasteiger partial charge in [0.05, 0.1) is 17.6 Å². The summed E-state index contributed by atoms with van der Waals surface area (Å²) in [7, 11) is 4.07. The molecule has 0 aliphatic heterocycles. The summed E-state index contributed by atoms with van der Waals surface area (Å²) in [6.07, 6.45) is 1.21. The third-order valence-electron chi connectivity index (χ3n) is 5.74. The molecule has 0 saturated heterocycles. The van der Waals surface area contributed by atoms with Gasteiger partial charge in [0.1, 0.15) is 30.1 Å². The minimum Gasteiger partial charge on any atom is -0.492 e. The molecule has 4 aromatic rings. The first kappa shape index (κ1) is 25.6. The molecule has 4 rings (SSSR count). The molecule has 190 valence electrons. The van der Waals surface area contributed by atoms with Crippen LogP contribution in [0.4, 0.5) is 5.82 Å². The molecule has 0 spiro atoms. The van der Waals surface area contributed by atoms with E-state index in [1.54, 1.807) is 6.33 Å². The third kappa shape index (κ3) is 6.20. The number of hydrogen-bond acceptors (Lipinski definition) is 7. The van der Waals surface area contributed by atoms with Gasteiger partial charge in [-0.3, -0.25) is 0 Å². The fraction of sp³-hybridized carbons (Fsp3) is 0.357. The van der Waals surface area contributed by atoms with Crippen LogP contribution in [-0.4, -0.2) is 73.1 Å². The Bertz CT molecular complexity index is 1220. The van der Waals surface area contributed by atoms with Crippen LogP contribution >= 0.6 is 0 Å². The normalized spacial score (nSPS) is 11.5. The number of H-pyrrole nitrogens is 1. The maximum absolute atomic E-state index is 5.89. The highest BCUT2D eigenvalue weighted by atomic mass is 16.7. The largest absolute Gasteiger partial charge is 0.492 e. The first-order chi connectivity index (χ1) is 17.6. The van der Waals surface area contributed by atoms with Crippen molar-refractivity contribution in [2.75, 3.05) is 52.3 Å². The summed E-state index contributed by atoms with van der Waals surface area (Å²) < 4.78 is 17.3. The van der Waals surface area contributed by atoms with E-state index >= 15 is 0 Å². The number of likely N-dealkylation sites (N-methyl/N-ethyl adjacent to an activating group) is 1. The molecule has 0 atom stereocenters. The summed E-state index contributed by atoms with van der Waals surface area (Å²) in [5.41, 5.74) is 4.90. The highest BCUT2D eigenvalue weighted by Gasteiger charge is 2.20. The third-order valence-corrected chi connectivity index (χ3v) is 5.74. The van der Waals surface area contributed by atoms with E-state index < -0.39 is 0 Å². The average Bonchev–Trinajstić information content (AvgIpc) is 3.28. The fourth-order valence-corrected chi connectivity index (χ4v) is 4.05. The van der Waals surface area contributed by atoms with E-state index in [9.17, 15) is 0 Å². The van der Waals surface area contributed by atoms with Gasteiger partial charge in [0, 0.05) is 25.3 Å². The van der Waals surface area contributed by atoms with Crippen molar-refractivity contribution in [3.05, 3.63) is 60.9 Å². The molecule has 2 aromatic heterocycles. The van der Waals surface area contributed by atoms with Gasteiger partial charge in [0.2, 0.25) is 0 Å². The highest BCUT2D eigenvalue weighted by Crippen LogP contribution is 2.40. The smallest absolute Gasteiger partial charge is 0.174 e. The van der Waals surface area contributed by atoms with Gasteiger partial charge >= 0.3 is 0 Å². The Morgan fingerprint density at radius 3 is 2.31 bits per heavy atom. The monoisotopic (exact) mass is 489 g/mol. The van der Waals surface area contributed by atoms with Gasteiger partial charge in [-0.05, 0) is 63.3 Å². The van der Waals surface area contributed by atoms with Gasteiger partial charge in [-0.2, -0.15) is 0 Å². The molecule has 8 heteroatoms. The molecular formula is C28H35N5O3. The van der Waals surface area contributed by atoms with Crippen LogP contribution in [0.1, 0.15) is 13.8 Å². The lowest BCUT2D eigenvalue weighted by atomic mass is 9.99.